The molecule has 2 fully saturated rings. The van der Waals surface area contributed by atoms with Crippen LogP contribution in [-0.2, 0) is 17.9 Å². The lowest BCUT2D eigenvalue weighted by Crippen LogP contribution is -2.63. The quantitative estimate of drug-likeness (QED) is 0.686. The van der Waals surface area contributed by atoms with Crippen molar-refractivity contribution in [3.8, 4) is 0 Å². The molecule has 0 bridgehead atoms. The largest absolute Gasteiger partial charge is 0.339 e. The molecular weight excluding hydrogens is 452 g/mol. The lowest BCUT2D eigenvalue weighted by atomic mass is 10.1. The summed E-state index contributed by atoms with van der Waals surface area (Å²) in [4.78, 5) is 38.3. The van der Waals surface area contributed by atoms with E-state index < -0.39 is 18.2 Å². The van der Waals surface area contributed by atoms with Gasteiger partial charge in [-0.3, -0.25) is 19.9 Å². The fraction of sp³-hybridized carbons (Fsp3) is 0.400. The molecule has 8 nitrogen and oxygen atoms in total. The Bertz CT molecular complexity index is 1070. The molecule has 0 aliphatic carbocycles. The third-order valence-electron chi connectivity index (χ3n) is 6.79. The molecule has 34 heavy (non-hydrogen) atoms. The van der Waals surface area contributed by atoms with Crippen LogP contribution in [0.2, 0.25) is 5.02 Å². The number of amides is 3. The number of nitrogens with one attached hydrogen (secondary N) is 1. The van der Waals surface area contributed by atoms with Crippen molar-refractivity contribution in [2.24, 2.45) is 4.99 Å². The molecular formula is C25H29ClN6O2. The van der Waals surface area contributed by atoms with Crippen LogP contribution in [-0.4, -0.2) is 89.4 Å². The van der Waals surface area contributed by atoms with Gasteiger partial charge in [0.15, 0.2) is 12.2 Å². The molecule has 0 aromatic heterocycles. The Hall–Kier alpha value is -2.94. The Labute approximate surface area is 204 Å². The van der Waals surface area contributed by atoms with Crippen molar-refractivity contribution < 1.29 is 9.59 Å². The van der Waals surface area contributed by atoms with Crippen LogP contribution in [0.4, 0.5) is 4.79 Å². The molecule has 2 unspecified atom stereocenters. The molecule has 3 aliphatic rings. The number of benzene rings is 2. The summed E-state index contributed by atoms with van der Waals surface area (Å²) in [5.74, 6) is 0.548. The molecule has 2 saturated heterocycles. The number of imide groups is 1. The molecule has 2 atom stereocenters. The second kappa shape index (κ2) is 9.74. The van der Waals surface area contributed by atoms with E-state index in [-0.39, 0.29) is 5.91 Å². The predicted octanol–water partition coefficient (Wildman–Crippen LogP) is 2.25. The minimum absolute atomic E-state index is 0.298. The maximum atomic E-state index is 12.8. The Kier molecular flexibility index (Phi) is 6.54. The van der Waals surface area contributed by atoms with Gasteiger partial charge in [-0.15, -0.1) is 0 Å². The predicted molar refractivity (Wildman–Crippen MR) is 131 cm³/mol. The Balaban J connectivity index is 1.29. The van der Waals surface area contributed by atoms with Crippen LogP contribution >= 0.6 is 11.6 Å². The van der Waals surface area contributed by atoms with Crippen molar-refractivity contribution in [3.63, 3.8) is 0 Å². The molecule has 3 heterocycles. The van der Waals surface area contributed by atoms with Crippen molar-refractivity contribution in [2.45, 2.75) is 25.3 Å². The molecule has 3 aliphatic heterocycles. The second-order valence-corrected chi connectivity index (χ2v) is 9.54. The highest BCUT2D eigenvalue weighted by molar-refractivity contribution is 6.30. The van der Waals surface area contributed by atoms with E-state index in [2.05, 4.69) is 39.4 Å². The standard InChI is InChI=1S/C25H29ClN6O2/c1-29-23-22(24(33)28-25(29)34)32(16-19-7-9-20(26)10-8-19)21(27-23)17-31-13-11-30(12-14-31)15-18-5-3-2-4-6-18/h2-10,22-23H,11-17H2,1H3,(H,28,33,34). The number of carbonyl (C=O) groups is 2. The van der Waals surface area contributed by atoms with Gasteiger partial charge in [0.05, 0.1) is 6.54 Å². The van der Waals surface area contributed by atoms with Crippen LogP contribution < -0.4 is 5.32 Å². The lowest BCUT2D eigenvalue weighted by Gasteiger charge is -2.38. The third kappa shape index (κ3) is 4.80. The summed E-state index contributed by atoms with van der Waals surface area (Å²) in [5.41, 5.74) is 2.37. The van der Waals surface area contributed by atoms with E-state index in [1.165, 1.54) is 10.5 Å². The van der Waals surface area contributed by atoms with Crippen LogP contribution in [0.1, 0.15) is 11.1 Å². The number of carbonyl (C=O) groups excluding carboxylic acids is 2. The van der Waals surface area contributed by atoms with Gasteiger partial charge < -0.3 is 9.80 Å². The van der Waals surface area contributed by atoms with E-state index in [0.717, 1.165) is 44.1 Å². The van der Waals surface area contributed by atoms with E-state index in [1.807, 2.05) is 35.2 Å². The first-order valence-corrected chi connectivity index (χ1v) is 12.0. The van der Waals surface area contributed by atoms with Crippen LogP contribution in [0, 0.1) is 0 Å². The van der Waals surface area contributed by atoms with Crippen LogP contribution in [0.5, 0.6) is 0 Å². The van der Waals surface area contributed by atoms with Gasteiger partial charge in [-0.05, 0) is 23.3 Å². The van der Waals surface area contributed by atoms with Gasteiger partial charge in [-0.2, -0.15) is 0 Å². The summed E-state index contributed by atoms with van der Waals surface area (Å²) in [6, 6.07) is 17.2. The van der Waals surface area contributed by atoms with E-state index in [1.54, 1.807) is 7.05 Å². The molecule has 5 rings (SSSR count). The highest BCUT2D eigenvalue weighted by atomic mass is 35.5. The SMILES string of the molecule is CN1C(=O)NC(=O)C2C1N=C(CN1CCN(Cc3ccccc3)CC1)N2Cc1ccc(Cl)cc1. The van der Waals surface area contributed by atoms with Crippen molar-refractivity contribution in [1.29, 1.82) is 0 Å². The molecule has 3 amide bonds. The second-order valence-electron chi connectivity index (χ2n) is 9.10. The molecule has 0 radical (unpaired) electrons. The molecule has 9 heteroatoms. The van der Waals surface area contributed by atoms with E-state index >= 15 is 0 Å². The first kappa shape index (κ1) is 22.8. The Morgan fingerprint density at radius 1 is 0.882 bits per heavy atom. The van der Waals surface area contributed by atoms with Gasteiger partial charge in [-0.1, -0.05) is 54.1 Å². The number of nitrogens with zero attached hydrogens (tertiary/aromatic N) is 5. The van der Waals surface area contributed by atoms with E-state index in [4.69, 9.17) is 16.6 Å². The van der Waals surface area contributed by atoms with Gasteiger partial charge in [0, 0.05) is 51.3 Å². The molecule has 1 N–H and O–H groups in total. The van der Waals surface area contributed by atoms with E-state index in [0.29, 0.717) is 18.1 Å². The molecule has 0 spiro atoms. The van der Waals surface area contributed by atoms with Gasteiger partial charge in [0.2, 0.25) is 0 Å². The topological polar surface area (TPSA) is 71.5 Å². The average Bonchev–Trinajstić information content (AvgIpc) is 3.19. The number of amidine groups is 1. The number of hydrogen-bond acceptors (Lipinski definition) is 6. The molecule has 2 aromatic rings. The summed E-state index contributed by atoms with van der Waals surface area (Å²) >= 11 is 6.06. The van der Waals surface area contributed by atoms with Gasteiger partial charge in [-0.25, -0.2) is 9.79 Å². The molecule has 2 aromatic carbocycles. The monoisotopic (exact) mass is 480 g/mol. The average molecular weight is 481 g/mol. The minimum Gasteiger partial charge on any atom is -0.339 e. The zero-order valence-corrected chi connectivity index (χ0v) is 20.0. The number of hydrogen-bond donors (Lipinski definition) is 1. The van der Waals surface area contributed by atoms with Crippen molar-refractivity contribution >= 4 is 29.4 Å². The highest BCUT2D eigenvalue weighted by Gasteiger charge is 2.48. The zero-order valence-electron chi connectivity index (χ0n) is 19.2. The normalized spacial score (nSPS) is 23.6. The smallest absolute Gasteiger partial charge is 0.325 e. The summed E-state index contributed by atoms with van der Waals surface area (Å²) in [6.45, 7) is 5.94. The summed E-state index contributed by atoms with van der Waals surface area (Å²) in [6.07, 6.45) is -0.511. The van der Waals surface area contributed by atoms with Crippen LogP contribution in [0.3, 0.4) is 0 Å². The number of urea groups is 1. The number of halogens is 1. The summed E-state index contributed by atoms with van der Waals surface area (Å²) < 4.78 is 0. The number of rotatable bonds is 6. The van der Waals surface area contributed by atoms with Gasteiger partial charge in [0.1, 0.15) is 5.84 Å². The maximum absolute atomic E-state index is 12.8. The van der Waals surface area contributed by atoms with Crippen LogP contribution in [0.25, 0.3) is 0 Å². The van der Waals surface area contributed by atoms with E-state index in [9.17, 15) is 9.59 Å². The third-order valence-corrected chi connectivity index (χ3v) is 7.04. The summed E-state index contributed by atoms with van der Waals surface area (Å²) in [7, 11) is 1.69. The highest BCUT2D eigenvalue weighted by Crippen LogP contribution is 2.27. The first-order chi connectivity index (χ1) is 16.5. The van der Waals surface area contributed by atoms with Crippen LogP contribution in [0.15, 0.2) is 59.6 Å². The first-order valence-electron chi connectivity index (χ1n) is 11.6. The summed E-state index contributed by atoms with van der Waals surface area (Å²) in [5, 5.41) is 3.14. The number of piperazine rings is 1. The lowest BCUT2D eigenvalue weighted by molar-refractivity contribution is -0.127. The fourth-order valence-electron chi connectivity index (χ4n) is 4.84. The maximum Gasteiger partial charge on any atom is 0.325 e. The van der Waals surface area contributed by atoms with Crippen molar-refractivity contribution in [1.82, 2.24) is 24.9 Å². The van der Waals surface area contributed by atoms with Crippen molar-refractivity contribution in [3.05, 3.63) is 70.7 Å². The van der Waals surface area contributed by atoms with Gasteiger partial charge in [0.25, 0.3) is 5.91 Å². The van der Waals surface area contributed by atoms with Gasteiger partial charge >= 0.3 is 6.03 Å². The fourth-order valence-corrected chi connectivity index (χ4v) is 4.96. The molecule has 0 saturated carbocycles. The zero-order chi connectivity index (χ0) is 23.7. The van der Waals surface area contributed by atoms with Crippen molar-refractivity contribution in [2.75, 3.05) is 39.8 Å². The number of aliphatic imine (C=N–C) groups is 1. The number of likely N-dealkylation sites (N-methyl/N-ethyl adjacent to an activating group) is 1. The Morgan fingerprint density at radius 3 is 2.18 bits per heavy atom. The Morgan fingerprint density at radius 2 is 1.50 bits per heavy atom. The molecule has 178 valence electrons. The minimum atomic E-state index is -0.534. The number of fused-ring (bicyclic) bond motifs is 1.